The van der Waals surface area contributed by atoms with Gasteiger partial charge in [-0.15, -0.1) is 0 Å². The Labute approximate surface area is 83.7 Å². The van der Waals surface area contributed by atoms with Crippen molar-refractivity contribution in [1.82, 2.24) is 5.32 Å². The second-order valence-corrected chi connectivity index (χ2v) is 3.53. The van der Waals surface area contributed by atoms with Gasteiger partial charge in [-0.05, 0) is 30.7 Å². The van der Waals surface area contributed by atoms with Gasteiger partial charge < -0.3 is 10.2 Å². The van der Waals surface area contributed by atoms with Gasteiger partial charge in [-0.3, -0.25) is 0 Å². The van der Waals surface area contributed by atoms with E-state index in [2.05, 4.69) is 17.1 Å². The van der Waals surface area contributed by atoms with Crippen molar-refractivity contribution in [2.24, 2.45) is 0 Å². The van der Waals surface area contributed by atoms with E-state index < -0.39 is 0 Å². The number of halogens is 1. The summed E-state index contributed by atoms with van der Waals surface area (Å²) in [7, 11) is 0. The van der Waals surface area contributed by atoms with Crippen molar-refractivity contribution in [2.45, 2.75) is 13.5 Å². The van der Waals surface area contributed by atoms with Crippen molar-refractivity contribution < 1.29 is 4.39 Å². The topological polar surface area (TPSA) is 15.3 Å². The van der Waals surface area contributed by atoms with Crippen molar-refractivity contribution >= 4 is 5.69 Å². The van der Waals surface area contributed by atoms with Gasteiger partial charge in [0, 0.05) is 31.9 Å². The number of benzene rings is 1. The molecule has 1 aromatic rings. The average molecular weight is 194 g/mol. The third-order valence-corrected chi connectivity index (χ3v) is 2.64. The smallest absolute Gasteiger partial charge is 0.123 e. The van der Waals surface area contributed by atoms with Crippen LogP contribution in [-0.2, 0) is 6.54 Å². The maximum absolute atomic E-state index is 13.0. The molecule has 1 aliphatic rings. The molecule has 14 heavy (non-hydrogen) atoms. The number of nitrogens with one attached hydrogen (secondary N) is 1. The molecule has 0 spiro atoms. The van der Waals surface area contributed by atoms with Crippen LogP contribution in [0.2, 0.25) is 0 Å². The molecule has 1 aliphatic heterocycles. The molecule has 0 saturated heterocycles. The summed E-state index contributed by atoms with van der Waals surface area (Å²) in [6.07, 6.45) is 0. The van der Waals surface area contributed by atoms with E-state index in [1.807, 2.05) is 6.07 Å². The predicted octanol–water partition coefficient (Wildman–Crippen LogP) is 1.76. The fourth-order valence-electron chi connectivity index (χ4n) is 1.89. The summed E-state index contributed by atoms with van der Waals surface area (Å²) in [5, 5.41) is 3.29. The van der Waals surface area contributed by atoms with Gasteiger partial charge in [-0.2, -0.15) is 0 Å². The van der Waals surface area contributed by atoms with Gasteiger partial charge in [-0.25, -0.2) is 4.39 Å². The van der Waals surface area contributed by atoms with E-state index in [0.717, 1.165) is 31.7 Å². The maximum Gasteiger partial charge on any atom is 0.123 e. The molecule has 0 bridgehead atoms. The molecular formula is C11H15FN2. The minimum absolute atomic E-state index is 0.150. The molecule has 0 aromatic heterocycles. The lowest BCUT2D eigenvalue weighted by molar-refractivity contribution is 0.623. The SMILES string of the molecule is CCN1CCNCc2cc(F)ccc21. The maximum atomic E-state index is 13.0. The highest BCUT2D eigenvalue weighted by molar-refractivity contribution is 5.54. The highest BCUT2D eigenvalue weighted by atomic mass is 19.1. The first kappa shape index (κ1) is 9.46. The Balaban J connectivity index is 2.39. The number of anilines is 1. The first-order valence-electron chi connectivity index (χ1n) is 5.05. The van der Waals surface area contributed by atoms with E-state index in [4.69, 9.17) is 0 Å². The van der Waals surface area contributed by atoms with Crippen molar-refractivity contribution in [3.05, 3.63) is 29.6 Å². The number of likely N-dealkylation sites (N-methyl/N-ethyl adjacent to an activating group) is 1. The lowest BCUT2D eigenvalue weighted by Crippen LogP contribution is -2.28. The third-order valence-electron chi connectivity index (χ3n) is 2.64. The normalized spacial score (nSPS) is 16.3. The summed E-state index contributed by atoms with van der Waals surface area (Å²) >= 11 is 0. The summed E-state index contributed by atoms with van der Waals surface area (Å²) in [4.78, 5) is 2.27. The Morgan fingerprint density at radius 3 is 3.14 bits per heavy atom. The van der Waals surface area contributed by atoms with Crippen molar-refractivity contribution in [2.75, 3.05) is 24.5 Å². The highest BCUT2D eigenvalue weighted by Crippen LogP contribution is 2.22. The average Bonchev–Trinajstić information content (AvgIpc) is 2.38. The molecule has 0 fully saturated rings. The standard InChI is InChI=1S/C11H15FN2/c1-2-14-6-5-13-8-9-7-10(12)3-4-11(9)14/h3-4,7,13H,2,5-6,8H2,1H3. The number of fused-ring (bicyclic) bond motifs is 1. The van der Waals surface area contributed by atoms with Crippen LogP contribution in [0.3, 0.4) is 0 Å². The Hall–Kier alpha value is -1.09. The van der Waals surface area contributed by atoms with Gasteiger partial charge in [0.05, 0.1) is 0 Å². The quantitative estimate of drug-likeness (QED) is 0.732. The lowest BCUT2D eigenvalue weighted by atomic mass is 10.1. The molecule has 2 rings (SSSR count). The molecule has 0 aliphatic carbocycles. The van der Waals surface area contributed by atoms with Gasteiger partial charge in [0.25, 0.3) is 0 Å². The van der Waals surface area contributed by atoms with E-state index in [0.29, 0.717) is 0 Å². The largest absolute Gasteiger partial charge is 0.370 e. The van der Waals surface area contributed by atoms with Crippen LogP contribution in [0, 0.1) is 5.82 Å². The zero-order chi connectivity index (χ0) is 9.97. The van der Waals surface area contributed by atoms with Crippen LogP contribution in [0.4, 0.5) is 10.1 Å². The van der Waals surface area contributed by atoms with Crippen LogP contribution >= 0.6 is 0 Å². The van der Waals surface area contributed by atoms with E-state index in [1.165, 1.54) is 11.8 Å². The minimum Gasteiger partial charge on any atom is -0.370 e. The molecule has 0 atom stereocenters. The number of rotatable bonds is 1. The monoisotopic (exact) mass is 194 g/mol. The molecule has 1 heterocycles. The molecular weight excluding hydrogens is 179 g/mol. The number of nitrogens with zero attached hydrogens (tertiary/aromatic N) is 1. The first-order chi connectivity index (χ1) is 6.81. The van der Waals surface area contributed by atoms with Gasteiger partial charge >= 0.3 is 0 Å². The van der Waals surface area contributed by atoms with E-state index in [9.17, 15) is 4.39 Å². The summed E-state index contributed by atoms with van der Waals surface area (Å²) < 4.78 is 13.0. The molecule has 0 unspecified atom stereocenters. The molecule has 2 nitrogen and oxygen atoms in total. The second-order valence-electron chi connectivity index (χ2n) is 3.53. The van der Waals surface area contributed by atoms with Crippen molar-refractivity contribution in [3.63, 3.8) is 0 Å². The zero-order valence-electron chi connectivity index (χ0n) is 8.39. The Bertz CT molecular complexity index is 325. The highest BCUT2D eigenvalue weighted by Gasteiger charge is 2.13. The van der Waals surface area contributed by atoms with Crippen LogP contribution in [0.25, 0.3) is 0 Å². The van der Waals surface area contributed by atoms with Gasteiger partial charge in [0.1, 0.15) is 5.82 Å². The molecule has 0 amide bonds. The van der Waals surface area contributed by atoms with Crippen LogP contribution in [0.5, 0.6) is 0 Å². The molecule has 1 aromatic carbocycles. The summed E-state index contributed by atoms with van der Waals surface area (Å²) in [5.74, 6) is -0.150. The fourth-order valence-corrected chi connectivity index (χ4v) is 1.89. The van der Waals surface area contributed by atoms with Crippen LogP contribution in [0.1, 0.15) is 12.5 Å². The summed E-state index contributed by atoms with van der Waals surface area (Å²) in [6, 6.07) is 5.03. The summed E-state index contributed by atoms with van der Waals surface area (Å²) in [6.45, 7) is 5.82. The van der Waals surface area contributed by atoms with Crippen LogP contribution in [-0.4, -0.2) is 19.6 Å². The Kier molecular flexibility index (Phi) is 2.68. The summed E-state index contributed by atoms with van der Waals surface area (Å²) in [5.41, 5.74) is 2.23. The predicted molar refractivity (Wildman–Crippen MR) is 56.0 cm³/mol. The molecule has 3 heteroatoms. The fraction of sp³-hybridized carbons (Fsp3) is 0.455. The molecule has 0 saturated carbocycles. The number of hydrogen-bond donors (Lipinski definition) is 1. The third kappa shape index (κ3) is 1.73. The Morgan fingerprint density at radius 2 is 2.36 bits per heavy atom. The molecule has 0 radical (unpaired) electrons. The van der Waals surface area contributed by atoms with Gasteiger partial charge in [-0.1, -0.05) is 0 Å². The first-order valence-corrected chi connectivity index (χ1v) is 5.05. The van der Waals surface area contributed by atoms with Gasteiger partial charge in [0.15, 0.2) is 0 Å². The minimum atomic E-state index is -0.150. The second kappa shape index (κ2) is 3.96. The molecule has 76 valence electrons. The van der Waals surface area contributed by atoms with Gasteiger partial charge in [0.2, 0.25) is 0 Å². The van der Waals surface area contributed by atoms with E-state index in [-0.39, 0.29) is 5.82 Å². The van der Waals surface area contributed by atoms with Crippen LogP contribution in [0.15, 0.2) is 18.2 Å². The Morgan fingerprint density at radius 1 is 1.50 bits per heavy atom. The lowest BCUT2D eigenvalue weighted by Gasteiger charge is -2.22. The van der Waals surface area contributed by atoms with Crippen molar-refractivity contribution in [3.8, 4) is 0 Å². The van der Waals surface area contributed by atoms with Crippen LogP contribution < -0.4 is 10.2 Å². The van der Waals surface area contributed by atoms with E-state index >= 15 is 0 Å². The molecule has 1 N–H and O–H groups in total. The van der Waals surface area contributed by atoms with E-state index in [1.54, 1.807) is 6.07 Å². The van der Waals surface area contributed by atoms with Crippen molar-refractivity contribution in [1.29, 1.82) is 0 Å². The zero-order valence-corrected chi connectivity index (χ0v) is 8.39. The number of hydrogen-bond acceptors (Lipinski definition) is 2.